The van der Waals surface area contributed by atoms with Crippen molar-refractivity contribution >= 4 is 15.9 Å². The van der Waals surface area contributed by atoms with Crippen LogP contribution < -0.4 is 14.8 Å². The first-order valence-corrected chi connectivity index (χ1v) is 10.3. The maximum Gasteiger partial charge on any atom is 0.258 e. The van der Waals surface area contributed by atoms with Crippen molar-refractivity contribution in [2.75, 3.05) is 20.0 Å². The zero-order valence-corrected chi connectivity index (χ0v) is 15.3. The summed E-state index contributed by atoms with van der Waals surface area (Å²) in [7, 11) is -1.64. The van der Waals surface area contributed by atoms with Crippen molar-refractivity contribution in [1.82, 2.24) is 9.62 Å². The van der Waals surface area contributed by atoms with Gasteiger partial charge in [0.15, 0.2) is 18.1 Å². The summed E-state index contributed by atoms with van der Waals surface area (Å²) in [5, 5.41) is 2.97. The number of methoxy groups -OCH3 is 1. The summed E-state index contributed by atoms with van der Waals surface area (Å²) >= 11 is 0. The SMILES string of the molecule is COc1ccccc1OCC(=O)NC1CC2CCC(C1)N2S(C)(=O)=O. The van der Waals surface area contributed by atoms with Gasteiger partial charge in [-0.1, -0.05) is 12.1 Å². The molecule has 0 saturated carbocycles. The van der Waals surface area contributed by atoms with E-state index >= 15 is 0 Å². The summed E-state index contributed by atoms with van der Waals surface area (Å²) in [4.78, 5) is 12.2. The van der Waals surface area contributed by atoms with Crippen LogP contribution in [0.1, 0.15) is 25.7 Å². The first-order chi connectivity index (χ1) is 11.9. The molecular formula is C17H24N2O5S. The van der Waals surface area contributed by atoms with Crippen LogP contribution in [-0.4, -0.2) is 56.7 Å². The van der Waals surface area contributed by atoms with Crippen LogP contribution in [0, 0.1) is 0 Å². The lowest BCUT2D eigenvalue weighted by Crippen LogP contribution is -2.52. The van der Waals surface area contributed by atoms with Gasteiger partial charge >= 0.3 is 0 Å². The monoisotopic (exact) mass is 368 g/mol. The number of piperidine rings is 1. The Balaban J connectivity index is 1.53. The number of carbonyl (C=O) groups excluding carboxylic acids is 1. The van der Waals surface area contributed by atoms with Gasteiger partial charge in [0.1, 0.15) is 0 Å². The van der Waals surface area contributed by atoms with Gasteiger partial charge in [-0.25, -0.2) is 8.42 Å². The third-order valence-corrected chi connectivity index (χ3v) is 6.20. The predicted molar refractivity (Wildman–Crippen MR) is 93.1 cm³/mol. The molecule has 1 N–H and O–H groups in total. The number of benzene rings is 1. The van der Waals surface area contributed by atoms with E-state index in [4.69, 9.17) is 9.47 Å². The van der Waals surface area contributed by atoms with Crippen LogP contribution in [0.2, 0.25) is 0 Å². The lowest BCUT2D eigenvalue weighted by atomic mass is 10.00. The zero-order valence-electron chi connectivity index (χ0n) is 14.5. The average molecular weight is 368 g/mol. The van der Waals surface area contributed by atoms with Crippen LogP contribution in [0.25, 0.3) is 0 Å². The molecule has 2 saturated heterocycles. The molecule has 2 fully saturated rings. The number of nitrogens with one attached hydrogen (secondary N) is 1. The maximum absolute atomic E-state index is 12.2. The molecule has 2 aliphatic rings. The number of hydrogen-bond donors (Lipinski definition) is 1. The minimum absolute atomic E-state index is 0.00538. The van der Waals surface area contributed by atoms with Gasteiger partial charge in [0.2, 0.25) is 10.0 Å². The molecular weight excluding hydrogens is 344 g/mol. The first-order valence-electron chi connectivity index (χ1n) is 8.42. The Kier molecular flexibility index (Phi) is 5.19. The third kappa shape index (κ3) is 4.07. The summed E-state index contributed by atoms with van der Waals surface area (Å²) in [5.74, 6) is 0.894. The second kappa shape index (κ2) is 7.21. The van der Waals surface area contributed by atoms with Gasteiger partial charge in [-0.3, -0.25) is 4.79 Å². The molecule has 0 radical (unpaired) electrons. The highest BCUT2D eigenvalue weighted by atomic mass is 32.2. The second-order valence-electron chi connectivity index (χ2n) is 6.65. The van der Waals surface area contributed by atoms with E-state index in [-0.39, 0.29) is 30.6 Å². The molecule has 2 bridgehead atoms. The number of rotatable bonds is 6. The van der Waals surface area contributed by atoms with Gasteiger partial charge in [-0.05, 0) is 37.8 Å². The van der Waals surface area contributed by atoms with Gasteiger partial charge < -0.3 is 14.8 Å². The highest BCUT2D eigenvalue weighted by Crippen LogP contribution is 2.37. The molecule has 0 spiro atoms. The fraction of sp³-hybridized carbons (Fsp3) is 0.588. The first kappa shape index (κ1) is 18.0. The topological polar surface area (TPSA) is 84.9 Å². The van der Waals surface area contributed by atoms with E-state index < -0.39 is 10.0 Å². The van der Waals surface area contributed by atoms with E-state index in [1.54, 1.807) is 23.5 Å². The van der Waals surface area contributed by atoms with Crippen LogP contribution in [0.15, 0.2) is 24.3 Å². The Morgan fingerprint density at radius 2 is 1.80 bits per heavy atom. The van der Waals surface area contributed by atoms with Crippen LogP contribution in [-0.2, 0) is 14.8 Å². The Hall–Kier alpha value is -1.80. The summed E-state index contributed by atoms with van der Waals surface area (Å²) < 4.78 is 36.2. The number of fused-ring (bicyclic) bond motifs is 2. The standard InChI is InChI=1S/C17H24N2O5S/c1-23-15-5-3-4-6-16(15)24-11-17(20)18-12-9-13-7-8-14(10-12)19(13)25(2,21)22/h3-6,12-14H,7-11H2,1-2H3,(H,18,20). The molecule has 25 heavy (non-hydrogen) atoms. The van der Waals surface area contributed by atoms with Crippen molar-refractivity contribution in [3.63, 3.8) is 0 Å². The highest BCUT2D eigenvalue weighted by Gasteiger charge is 2.45. The van der Waals surface area contributed by atoms with Crippen molar-refractivity contribution in [1.29, 1.82) is 0 Å². The van der Waals surface area contributed by atoms with E-state index in [9.17, 15) is 13.2 Å². The quantitative estimate of drug-likeness (QED) is 0.814. The smallest absolute Gasteiger partial charge is 0.258 e. The fourth-order valence-electron chi connectivity index (χ4n) is 3.94. The molecule has 2 atom stereocenters. The lowest BCUT2D eigenvalue weighted by molar-refractivity contribution is -0.124. The lowest BCUT2D eigenvalue weighted by Gasteiger charge is -2.37. The normalized spacial score (nSPS) is 26.2. The fourth-order valence-corrected chi connectivity index (χ4v) is 5.41. The van der Waals surface area contributed by atoms with E-state index in [2.05, 4.69) is 5.32 Å². The van der Waals surface area contributed by atoms with Crippen LogP contribution >= 0.6 is 0 Å². The molecule has 3 rings (SSSR count). The Morgan fingerprint density at radius 3 is 2.36 bits per heavy atom. The maximum atomic E-state index is 12.2. The summed E-state index contributed by atoms with van der Waals surface area (Å²) in [6, 6.07) is 7.14. The molecule has 0 aromatic heterocycles. The number of sulfonamides is 1. The summed E-state index contributed by atoms with van der Waals surface area (Å²) in [5.41, 5.74) is 0. The Morgan fingerprint density at radius 1 is 1.20 bits per heavy atom. The summed E-state index contributed by atoms with van der Waals surface area (Å²) in [6.45, 7) is -0.0952. The van der Waals surface area contributed by atoms with Gasteiger partial charge in [-0.15, -0.1) is 0 Å². The van der Waals surface area contributed by atoms with Gasteiger partial charge in [-0.2, -0.15) is 4.31 Å². The van der Waals surface area contributed by atoms with Crippen molar-refractivity contribution < 1.29 is 22.7 Å². The molecule has 2 unspecified atom stereocenters. The number of para-hydroxylation sites is 2. The van der Waals surface area contributed by atoms with E-state index in [0.717, 1.165) is 12.8 Å². The van der Waals surface area contributed by atoms with E-state index in [0.29, 0.717) is 24.3 Å². The molecule has 8 heteroatoms. The number of hydrogen-bond acceptors (Lipinski definition) is 5. The Labute approximate surface area is 148 Å². The average Bonchev–Trinajstić information content (AvgIpc) is 2.85. The van der Waals surface area contributed by atoms with Crippen molar-refractivity contribution in [3.05, 3.63) is 24.3 Å². The van der Waals surface area contributed by atoms with E-state index in [1.807, 2.05) is 12.1 Å². The minimum Gasteiger partial charge on any atom is -0.493 e. The molecule has 7 nitrogen and oxygen atoms in total. The molecule has 1 amide bonds. The second-order valence-corrected chi connectivity index (χ2v) is 8.54. The molecule has 2 heterocycles. The summed E-state index contributed by atoms with van der Waals surface area (Å²) in [6.07, 6.45) is 4.30. The number of carbonyl (C=O) groups is 1. The van der Waals surface area contributed by atoms with Crippen LogP contribution in [0.5, 0.6) is 11.5 Å². The van der Waals surface area contributed by atoms with Crippen molar-refractivity contribution in [2.24, 2.45) is 0 Å². The predicted octanol–water partition coefficient (Wildman–Crippen LogP) is 1.15. The van der Waals surface area contributed by atoms with Gasteiger partial charge in [0.05, 0.1) is 13.4 Å². The molecule has 1 aromatic carbocycles. The van der Waals surface area contributed by atoms with Gasteiger partial charge in [0, 0.05) is 18.1 Å². The van der Waals surface area contributed by atoms with Crippen molar-refractivity contribution in [2.45, 2.75) is 43.8 Å². The molecule has 138 valence electrons. The van der Waals surface area contributed by atoms with Crippen LogP contribution in [0.4, 0.5) is 0 Å². The third-order valence-electron chi connectivity index (χ3n) is 4.84. The van der Waals surface area contributed by atoms with E-state index in [1.165, 1.54) is 6.26 Å². The Bertz CT molecular complexity index is 722. The number of amides is 1. The van der Waals surface area contributed by atoms with Gasteiger partial charge in [0.25, 0.3) is 5.91 Å². The van der Waals surface area contributed by atoms with Crippen LogP contribution in [0.3, 0.4) is 0 Å². The number of ether oxygens (including phenoxy) is 2. The molecule has 2 aliphatic heterocycles. The highest BCUT2D eigenvalue weighted by molar-refractivity contribution is 7.88. The molecule has 1 aromatic rings. The molecule has 0 aliphatic carbocycles. The zero-order chi connectivity index (χ0) is 18.0. The minimum atomic E-state index is -3.19. The number of nitrogens with zero attached hydrogens (tertiary/aromatic N) is 1. The van der Waals surface area contributed by atoms with Crippen molar-refractivity contribution in [3.8, 4) is 11.5 Å². The largest absolute Gasteiger partial charge is 0.493 e.